The largest absolute Gasteiger partial charge is 0.573 e. The van der Waals surface area contributed by atoms with Gasteiger partial charge in [-0.2, -0.15) is 0 Å². The van der Waals surface area contributed by atoms with E-state index in [1.165, 1.54) is 29.8 Å². The van der Waals surface area contributed by atoms with Crippen molar-refractivity contribution in [2.24, 2.45) is 10.7 Å². The van der Waals surface area contributed by atoms with Crippen molar-refractivity contribution in [2.75, 3.05) is 18.9 Å². The van der Waals surface area contributed by atoms with Crippen LogP contribution in [-0.4, -0.2) is 36.9 Å². The number of hydrogen-bond acceptors (Lipinski definition) is 3. The summed E-state index contributed by atoms with van der Waals surface area (Å²) in [6.07, 6.45) is -4.71. The first-order chi connectivity index (χ1) is 12.7. The zero-order chi connectivity index (χ0) is 19.9. The zero-order valence-corrected chi connectivity index (χ0v) is 15.2. The summed E-state index contributed by atoms with van der Waals surface area (Å²) in [5.41, 5.74) is 7.59. The molecule has 2 aromatic carbocycles. The molecular weight excluding hydrogens is 357 g/mol. The molecule has 0 spiro atoms. The van der Waals surface area contributed by atoms with Crippen LogP contribution in [0.15, 0.2) is 59.6 Å². The van der Waals surface area contributed by atoms with Crippen molar-refractivity contribution in [3.05, 3.63) is 60.2 Å². The highest BCUT2D eigenvalue weighted by molar-refractivity contribution is 5.92. The number of guanidine groups is 1. The number of nitrogens with zero attached hydrogens (tertiary/aromatic N) is 2. The summed E-state index contributed by atoms with van der Waals surface area (Å²) in [5.74, 6) is -0.0980. The van der Waals surface area contributed by atoms with Gasteiger partial charge in [-0.05, 0) is 43.8 Å². The molecule has 8 heteroatoms. The molecule has 2 rings (SSSR count). The van der Waals surface area contributed by atoms with Gasteiger partial charge in [0.25, 0.3) is 0 Å². The lowest BCUT2D eigenvalue weighted by Gasteiger charge is -2.23. The van der Waals surface area contributed by atoms with Gasteiger partial charge in [-0.3, -0.25) is 9.89 Å². The second kappa shape index (κ2) is 9.27. The van der Waals surface area contributed by atoms with E-state index in [1.54, 1.807) is 0 Å². The first-order valence-corrected chi connectivity index (χ1v) is 8.40. The number of halogens is 3. The van der Waals surface area contributed by atoms with Gasteiger partial charge in [0.15, 0.2) is 5.96 Å². The average molecular weight is 380 g/mol. The van der Waals surface area contributed by atoms with Crippen molar-refractivity contribution in [1.29, 1.82) is 0 Å². The first-order valence-electron chi connectivity index (χ1n) is 8.40. The van der Waals surface area contributed by atoms with Crippen LogP contribution < -0.4 is 15.8 Å². The predicted molar refractivity (Wildman–Crippen MR) is 101 cm³/mol. The second-order valence-corrected chi connectivity index (χ2v) is 6.17. The molecule has 27 heavy (non-hydrogen) atoms. The van der Waals surface area contributed by atoms with Crippen molar-refractivity contribution in [3.8, 4) is 5.75 Å². The molecule has 0 aliphatic heterocycles. The molecule has 3 N–H and O–H groups in total. The maximum absolute atomic E-state index is 12.1. The summed E-state index contributed by atoms with van der Waals surface area (Å²) < 4.78 is 40.3. The summed E-state index contributed by atoms with van der Waals surface area (Å²) in [6, 6.07) is 15.6. The van der Waals surface area contributed by atoms with Crippen molar-refractivity contribution >= 4 is 11.6 Å². The average Bonchev–Trinajstić information content (AvgIpc) is 2.61. The first kappa shape index (κ1) is 20.6. The van der Waals surface area contributed by atoms with E-state index >= 15 is 0 Å². The van der Waals surface area contributed by atoms with Gasteiger partial charge < -0.3 is 15.8 Å². The number of nitrogens with two attached hydrogens (primary N) is 1. The summed E-state index contributed by atoms with van der Waals surface area (Å²) in [4.78, 5) is 6.46. The molecule has 0 aliphatic carbocycles. The lowest BCUT2D eigenvalue weighted by atomic mass is 10.2. The Bertz CT molecular complexity index is 733. The predicted octanol–water partition coefficient (Wildman–Crippen LogP) is 3.83. The van der Waals surface area contributed by atoms with Gasteiger partial charge >= 0.3 is 6.36 Å². The molecule has 0 aromatic heterocycles. The Hall–Kier alpha value is -2.74. The van der Waals surface area contributed by atoms with Gasteiger partial charge in [-0.15, -0.1) is 13.2 Å². The molecule has 0 heterocycles. The fourth-order valence-electron chi connectivity index (χ4n) is 2.32. The number of aliphatic imine (C=N–C) groups is 1. The topological polar surface area (TPSA) is 62.9 Å². The van der Waals surface area contributed by atoms with Crippen LogP contribution in [0.3, 0.4) is 0 Å². The lowest BCUT2D eigenvalue weighted by Crippen LogP contribution is -2.32. The van der Waals surface area contributed by atoms with Crippen LogP contribution in [0.1, 0.15) is 12.5 Å². The Kier molecular flexibility index (Phi) is 7.06. The molecule has 0 aliphatic rings. The van der Waals surface area contributed by atoms with Crippen LogP contribution in [0.2, 0.25) is 0 Å². The minimum absolute atomic E-state index is 0.160. The van der Waals surface area contributed by atoms with E-state index in [1.807, 2.05) is 32.2 Å². The van der Waals surface area contributed by atoms with E-state index in [2.05, 4.69) is 32.1 Å². The van der Waals surface area contributed by atoms with Gasteiger partial charge in [0.1, 0.15) is 5.75 Å². The van der Waals surface area contributed by atoms with E-state index in [4.69, 9.17) is 5.73 Å². The fourth-order valence-corrected chi connectivity index (χ4v) is 2.32. The van der Waals surface area contributed by atoms with Crippen LogP contribution in [0, 0.1) is 0 Å². The SMILES string of the molecule is CC(CN=C(N)Nc1ccc(OC(F)(F)F)cc1)N(C)Cc1ccccc1. The third kappa shape index (κ3) is 7.57. The molecule has 0 bridgehead atoms. The summed E-state index contributed by atoms with van der Waals surface area (Å²) in [5, 5.41) is 2.85. The summed E-state index contributed by atoms with van der Waals surface area (Å²) >= 11 is 0. The molecule has 0 fully saturated rings. The standard InChI is InChI=1S/C19H23F3N4O/c1-14(26(2)13-15-6-4-3-5-7-15)12-24-18(23)25-16-8-10-17(11-9-16)27-19(20,21)22/h3-11,14H,12-13H2,1-2H3,(H3,23,24,25). The van der Waals surface area contributed by atoms with E-state index in [-0.39, 0.29) is 17.8 Å². The minimum atomic E-state index is -4.71. The van der Waals surface area contributed by atoms with E-state index in [0.29, 0.717) is 12.2 Å². The number of nitrogens with one attached hydrogen (secondary N) is 1. The second-order valence-electron chi connectivity index (χ2n) is 6.17. The number of likely N-dealkylation sites (N-methyl/N-ethyl adjacent to an activating group) is 1. The van der Waals surface area contributed by atoms with Gasteiger partial charge in [0, 0.05) is 18.3 Å². The maximum atomic E-state index is 12.1. The number of benzene rings is 2. The summed E-state index contributed by atoms with van der Waals surface area (Å²) in [6.45, 7) is 3.33. The Morgan fingerprint density at radius 1 is 1.15 bits per heavy atom. The van der Waals surface area contributed by atoms with Crippen molar-refractivity contribution in [3.63, 3.8) is 0 Å². The van der Waals surface area contributed by atoms with Crippen LogP contribution in [0.25, 0.3) is 0 Å². The monoisotopic (exact) mass is 380 g/mol. The molecule has 1 atom stereocenters. The van der Waals surface area contributed by atoms with Crippen LogP contribution in [0.4, 0.5) is 18.9 Å². The third-order valence-corrected chi connectivity index (χ3v) is 3.91. The maximum Gasteiger partial charge on any atom is 0.573 e. The minimum Gasteiger partial charge on any atom is -0.406 e. The normalized spacial score (nSPS) is 13.5. The van der Waals surface area contributed by atoms with Gasteiger partial charge in [0.05, 0.1) is 6.54 Å². The number of rotatable bonds is 7. The van der Waals surface area contributed by atoms with Gasteiger partial charge in [-0.25, -0.2) is 0 Å². The summed E-state index contributed by atoms with van der Waals surface area (Å²) in [7, 11) is 2.01. The Labute approximate surface area is 156 Å². The molecule has 0 saturated heterocycles. The molecular formula is C19H23F3N4O. The quantitative estimate of drug-likeness (QED) is 0.566. The van der Waals surface area contributed by atoms with Crippen molar-refractivity contribution in [2.45, 2.75) is 25.9 Å². The molecule has 0 amide bonds. The Balaban J connectivity index is 1.84. The van der Waals surface area contributed by atoms with Crippen LogP contribution in [0.5, 0.6) is 5.75 Å². The highest BCUT2D eigenvalue weighted by Gasteiger charge is 2.30. The number of anilines is 1. The molecule has 0 radical (unpaired) electrons. The Morgan fingerprint density at radius 3 is 2.37 bits per heavy atom. The Morgan fingerprint density at radius 2 is 1.78 bits per heavy atom. The van der Waals surface area contributed by atoms with E-state index < -0.39 is 6.36 Å². The van der Waals surface area contributed by atoms with Crippen LogP contribution in [-0.2, 0) is 6.54 Å². The molecule has 2 aromatic rings. The van der Waals surface area contributed by atoms with E-state index in [9.17, 15) is 13.2 Å². The van der Waals surface area contributed by atoms with Gasteiger partial charge in [0.2, 0.25) is 0 Å². The number of hydrogen-bond donors (Lipinski definition) is 2. The van der Waals surface area contributed by atoms with E-state index in [0.717, 1.165) is 6.54 Å². The highest BCUT2D eigenvalue weighted by atomic mass is 19.4. The smallest absolute Gasteiger partial charge is 0.406 e. The molecule has 1 unspecified atom stereocenters. The zero-order valence-electron chi connectivity index (χ0n) is 15.2. The van der Waals surface area contributed by atoms with Crippen LogP contribution >= 0.6 is 0 Å². The fraction of sp³-hybridized carbons (Fsp3) is 0.316. The van der Waals surface area contributed by atoms with Crippen molar-refractivity contribution < 1.29 is 17.9 Å². The highest BCUT2D eigenvalue weighted by Crippen LogP contribution is 2.23. The molecule has 146 valence electrons. The van der Waals surface area contributed by atoms with Crippen molar-refractivity contribution in [1.82, 2.24) is 4.90 Å². The molecule has 5 nitrogen and oxygen atoms in total. The lowest BCUT2D eigenvalue weighted by molar-refractivity contribution is -0.274. The molecule has 0 saturated carbocycles. The number of ether oxygens (including phenoxy) is 1. The third-order valence-electron chi connectivity index (χ3n) is 3.91. The number of alkyl halides is 3. The van der Waals surface area contributed by atoms with Gasteiger partial charge in [-0.1, -0.05) is 30.3 Å².